The van der Waals surface area contributed by atoms with Crippen LogP contribution < -0.4 is 0 Å². The lowest BCUT2D eigenvalue weighted by atomic mass is 9.96. The van der Waals surface area contributed by atoms with Crippen molar-refractivity contribution in [3.05, 3.63) is 0 Å². The maximum Gasteiger partial charge on any atom is 0.409 e. The van der Waals surface area contributed by atoms with Crippen molar-refractivity contribution in [1.29, 1.82) is 0 Å². The van der Waals surface area contributed by atoms with Gasteiger partial charge in [0.25, 0.3) is 0 Å². The number of amides is 1. The molecule has 0 aromatic rings. The zero-order chi connectivity index (χ0) is 17.3. The highest BCUT2D eigenvalue weighted by Gasteiger charge is 2.38. The largest absolute Gasteiger partial charge is 0.453 e. The predicted molar refractivity (Wildman–Crippen MR) is 88.6 cm³/mol. The first-order valence-electron chi connectivity index (χ1n) is 8.48. The van der Waals surface area contributed by atoms with Crippen LogP contribution in [0.3, 0.4) is 0 Å². The highest BCUT2D eigenvalue weighted by molar-refractivity contribution is 5.68. The number of carbonyl (C=O) groups is 1. The Balaban J connectivity index is 1.79. The Morgan fingerprint density at radius 3 is 2.39 bits per heavy atom. The maximum absolute atomic E-state index is 11.4. The first-order valence-corrected chi connectivity index (χ1v) is 8.48. The van der Waals surface area contributed by atoms with Gasteiger partial charge in [-0.3, -0.25) is 4.90 Å². The van der Waals surface area contributed by atoms with Crippen molar-refractivity contribution in [2.24, 2.45) is 0 Å². The van der Waals surface area contributed by atoms with Crippen LogP contribution in [0, 0.1) is 0 Å². The lowest BCUT2D eigenvalue weighted by molar-refractivity contribution is -0.153. The molecule has 2 rings (SSSR count). The van der Waals surface area contributed by atoms with Gasteiger partial charge in [0.1, 0.15) is 0 Å². The summed E-state index contributed by atoms with van der Waals surface area (Å²) in [5, 5.41) is 0. The monoisotopic (exact) mass is 328 g/mol. The predicted octanol–water partition coefficient (Wildman–Crippen LogP) is 2.12. The van der Waals surface area contributed by atoms with Gasteiger partial charge < -0.3 is 19.1 Å². The van der Waals surface area contributed by atoms with E-state index in [2.05, 4.69) is 39.5 Å². The van der Waals surface area contributed by atoms with Gasteiger partial charge in [-0.1, -0.05) is 0 Å². The normalized spacial score (nSPS) is 24.4. The molecule has 134 valence electrons. The first-order chi connectivity index (χ1) is 10.6. The summed E-state index contributed by atoms with van der Waals surface area (Å²) in [6, 6.07) is 0. The van der Waals surface area contributed by atoms with Gasteiger partial charge >= 0.3 is 6.09 Å². The number of methoxy groups -OCH3 is 1. The molecule has 6 heteroatoms. The topological polar surface area (TPSA) is 51.2 Å². The molecule has 0 N–H and O–H groups in total. The molecule has 23 heavy (non-hydrogen) atoms. The summed E-state index contributed by atoms with van der Waals surface area (Å²) in [7, 11) is 1.40. The van der Waals surface area contributed by atoms with Crippen LogP contribution in [0.25, 0.3) is 0 Å². The molecule has 2 heterocycles. The summed E-state index contributed by atoms with van der Waals surface area (Å²) in [6.07, 6.45) is 0.856. The SMILES string of the molecule is COC(=O)N1CC(OC(C)(C)CC2CN(C(C)(C)C)CCO2)C1. The Kier molecular flexibility index (Phi) is 5.59. The van der Waals surface area contributed by atoms with Gasteiger partial charge in [0, 0.05) is 25.0 Å². The van der Waals surface area contributed by atoms with Crippen molar-refractivity contribution in [3.63, 3.8) is 0 Å². The van der Waals surface area contributed by atoms with E-state index in [1.807, 2.05) is 0 Å². The van der Waals surface area contributed by atoms with Crippen molar-refractivity contribution in [1.82, 2.24) is 9.80 Å². The summed E-state index contributed by atoms with van der Waals surface area (Å²) in [6.45, 7) is 14.9. The molecule has 1 amide bonds. The average molecular weight is 328 g/mol. The molecule has 0 radical (unpaired) electrons. The minimum atomic E-state index is -0.279. The Bertz CT molecular complexity index is 413. The molecular formula is C17H32N2O4. The summed E-state index contributed by atoms with van der Waals surface area (Å²) >= 11 is 0. The van der Waals surface area contributed by atoms with Crippen LogP contribution in [0.15, 0.2) is 0 Å². The van der Waals surface area contributed by atoms with Gasteiger partial charge in [0.15, 0.2) is 0 Å². The number of morpholine rings is 1. The van der Waals surface area contributed by atoms with Gasteiger partial charge in [-0.25, -0.2) is 4.79 Å². The highest BCUT2D eigenvalue weighted by Crippen LogP contribution is 2.27. The molecule has 1 unspecified atom stereocenters. The number of carbonyl (C=O) groups excluding carboxylic acids is 1. The van der Waals surface area contributed by atoms with E-state index in [-0.39, 0.29) is 29.4 Å². The summed E-state index contributed by atoms with van der Waals surface area (Å²) in [4.78, 5) is 15.5. The lowest BCUT2D eigenvalue weighted by Gasteiger charge is -2.45. The zero-order valence-electron chi connectivity index (χ0n) is 15.4. The Hall–Kier alpha value is -0.850. The number of rotatable bonds is 4. The van der Waals surface area contributed by atoms with Crippen molar-refractivity contribution in [2.75, 3.05) is 39.9 Å². The molecule has 2 fully saturated rings. The summed E-state index contributed by atoms with van der Waals surface area (Å²) in [5.41, 5.74) is -0.0968. The minimum Gasteiger partial charge on any atom is -0.453 e. The average Bonchev–Trinajstić information content (AvgIpc) is 2.40. The Labute approximate surface area is 140 Å². The van der Waals surface area contributed by atoms with Crippen LogP contribution in [-0.4, -0.2) is 79.1 Å². The molecule has 0 bridgehead atoms. The van der Waals surface area contributed by atoms with Crippen molar-refractivity contribution in [2.45, 2.75) is 64.4 Å². The first kappa shape index (κ1) is 18.5. The van der Waals surface area contributed by atoms with E-state index in [9.17, 15) is 4.79 Å². The van der Waals surface area contributed by atoms with Gasteiger partial charge in [-0.05, 0) is 34.6 Å². The van der Waals surface area contributed by atoms with Crippen LogP contribution in [0.4, 0.5) is 4.79 Å². The lowest BCUT2D eigenvalue weighted by Crippen LogP contribution is -2.58. The summed E-state index contributed by atoms with van der Waals surface area (Å²) in [5.74, 6) is 0. The standard InChI is InChI=1S/C17H32N2O4/c1-16(2,3)19-7-8-22-13(12-19)9-17(4,5)23-14-10-18(11-14)15(20)21-6/h13-14H,7-12H2,1-6H3. The van der Waals surface area contributed by atoms with E-state index in [1.54, 1.807) is 4.90 Å². The second-order valence-corrected chi connectivity index (χ2v) is 8.19. The third-order valence-electron chi connectivity index (χ3n) is 4.57. The number of ether oxygens (including phenoxy) is 3. The number of hydrogen-bond donors (Lipinski definition) is 0. The third kappa shape index (κ3) is 5.06. The number of nitrogens with zero attached hydrogens (tertiary/aromatic N) is 2. The Morgan fingerprint density at radius 1 is 1.17 bits per heavy atom. The molecule has 0 spiro atoms. The smallest absolute Gasteiger partial charge is 0.409 e. The van der Waals surface area contributed by atoms with Gasteiger partial charge in [-0.2, -0.15) is 0 Å². The van der Waals surface area contributed by atoms with Crippen molar-refractivity contribution in [3.8, 4) is 0 Å². The Morgan fingerprint density at radius 2 is 1.83 bits per heavy atom. The van der Waals surface area contributed by atoms with E-state index >= 15 is 0 Å². The second kappa shape index (κ2) is 6.95. The fraction of sp³-hybridized carbons (Fsp3) is 0.941. The second-order valence-electron chi connectivity index (χ2n) is 8.19. The molecule has 0 aromatic carbocycles. The molecule has 0 aromatic heterocycles. The maximum atomic E-state index is 11.4. The van der Waals surface area contributed by atoms with E-state index in [4.69, 9.17) is 14.2 Å². The van der Waals surface area contributed by atoms with Gasteiger partial charge in [-0.15, -0.1) is 0 Å². The van der Waals surface area contributed by atoms with Crippen LogP contribution in [-0.2, 0) is 14.2 Å². The van der Waals surface area contributed by atoms with Crippen molar-refractivity contribution < 1.29 is 19.0 Å². The van der Waals surface area contributed by atoms with Crippen LogP contribution >= 0.6 is 0 Å². The molecule has 2 aliphatic heterocycles. The van der Waals surface area contributed by atoms with E-state index in [0.717, 1.165) is 26.1 Å². The number of hydrogen-bond acceptors (Lipinski definition) is 5. The molecule has 1 atom stereocenters. The number of likely N-dealkylation sites (tertiary alicyclic amines) is 1. The minimum absolute atomic E-state index is 0.0893. The molecule has 2 aliphatic rings. The van der Waals surface area contributed by atoms with Crippen LogP contribution in [0.5, 0.6) is 0 Å². The molecule has 2 saturated heterocycles. The summed E-state index contributed by atoms with van der Waals surface area (Å²) < 4.78 is 16.8. The highest BCUT2D eigenvalue weighted by atomic mass is 16.6. The van der Waals surface area contributed by atoms with E-state index < -0.39 is 0 Å². The molecule has 0 saturated carbocycles. The molecule has 6 nitrogen and oxygen atoms in total. The molecular weight excluding hydrogens is 296 g/mol. The zero-order valence-corrected chi connectivity index (χ0v) is 15.4. The third-order valence-corrected chi connectivity index (χ3v) is 4.57. The van der Waals surface area contributed by atoms with E-state index in [1.165, 1.54) is 7.11 Å². The van der Waals surface area contributed by atoms with E-state index in [0.29, 0.717) is 13.1 Å². The molecule has 0 aliphatic carbocycles. The van der Waals surface area contributed by atoms with Crippen molar-refractivity contribution >= 4 is 6.09 Å². The van der Waals surface area contributed by atoms with Crippen LogP contribution in [0.1, 0.15) is 41.0 Å². The quantitative estimate of drug-likeness (QED) is 0.791. The fourth-order valence-corrected chi connectivity index (χ4v) is 3.29. The van der Waals surface area contributed by atoms with Gasteiger partial charge in [0.2, 0.25) is 0 Å². The van der Waals surface area contributed by atoms with Crippen LogP contribution in [0.2, 0.25) is 0 Å². The fourth-order valence-electron chi connectivity index (χ4n) is 3.29. The van der Waals surface area contributed by atoms with Gasteiger partial charge in [0.05, 0.1) is 44.6 Å².